The summed E-state index contributed by atoms with van der Waals surface area (Å²) in [6.07, 6.45) is 1.55. The number of nitrogens with zero attached hydrogens (tertiary/aromatic N) is 2. The molecule has 1 heterocycles. The molecule has 2 aromatic rings. The lowest BCUT2D eigenvalue weighted by atomic mass is 10.3. The molecule has 0 aliphatic heterocycles. The molecule has 0 fully saturated rings. The van der Waals surface area contributed by atoms with Crippen molar-refractivity contribution in [2.24, 2.45) is 0 Å². The number of phenolic OH excluding ortho intramolecular Hbond substituents is 1. The van der Waals surface area contributed by atoms with Gasteiger partial charge in [-0.1, -0.05) is 6.07 Å². The molecular formula is C12H15N3O2. The predicted octanol–water partition coefficient (Wildman–Crippen LogP) is 2.54. The first-order valence-electron chi connectivity index (χ1n) is 5.37. The molecule has 1 aromatic carbocycles. The topological polar surface area (TPSA) is 73.3 Å². The van der Waals surface area contributed by atoms with Gasteiger partial charge in [0.25, 0.3) is 0 Å². The van der Waals surface area contributed by atoms with E-state index in [1.807, 2.05) is 13.8 Å². The quantitative estimate of drug-likeness (QED) is 0.854. The second-order valence-electron chi connectivity index (χ2n) is 4.03. The van der Waals surface area contributed by atoms with E-state index in [1.165, 1.54) is 6.07 Å². The predicted molar refractivity (Wildman–Crippen MR) is 65.2 cm³/mol. The Labute approximate surface area is 99.5 Å². The van der Waals surface area contributed by atoms with Crippen LogP contribution in [0.3, 0.4) is 0 Å². The van der Waals surface area contributed by atoms with Crippen LogP contribution in [0.1, 0.15) is 19.9 Å². The normalized spacial score (nSPS) is 10.8. The number of ether oxygens (including phenoxy) is 1. The molecule has 90 valence electrons. The number of hydrogen-bond donors (Lipinski definition) is 2. The Bertz CT molecular complexity index is 520. The van der Waals surface area contributed by atoms with Crippen LogP contribution in [0.2, 0.25) is 0 Å². The zero-order chi connectivity index (χ0) is 12.4. The van der Waals surface area contributed by atoms with Gasteiger partial charge >= 0.3 is 6.01 Å². The fourth-order valence-electron chi connectivity index (χ4n) is 1.60. The van der Waals surface area contributed by atoms with Crippen molar-refractivity contribution in [1.29, 1.82) is 0 Å². The average molecular weight is 233 g/mol. The lowest BCUT2D eigenvalue weighted by Gasteiger charge is -2.13. The summed E-state index contributed by atoms with van der Waals surface area (Å²) < 4.78 is 7.37. The number of aromatic hydroxyl groups is 1. The van der Waals surface area contributed by atoms with Crippen LogP contribution in [0, 0.1) is 0 Å². The van der Waals surface area contributed by atoms with Crippen molar-refractivity contribution in [3.63, 3.8) is 0 Å². The monoisotopic (exact) mass is 233 g/mol. The van der Waals surface area contributed by atoms with E-state index in [-0.39, 0.29) is 11.8 Å². The Morgan fingerprint density at radius 2 is 2.18 bits per heavy atom. The van der Waals surface area contributed by atoms with Gasteiger partial charge in [-0.15, -0.1) is 0 Å². The van der Waals surface area contributed by atoms with Crippen LogP contribution in [-0.4, -0.2) is 14.7 Å². The molecule has 0 spiro atoms. The molecule has 3 N–H and O–H groups in total. The standard InChI is InChI=1S/C12H15N3O2/c1-8(2)15-11(13)7-14-12(15)17-10-5-3-4-9(16)6-10/h3-8,16H,13H2,1-2H3. The van der Waals surface area contributed by atoms with Crippen LogP contribution in [0.15, 0.2) is 30.5 Å². The van der Waals surface area contributed by atoms with Gasteiger partial charge in [-0.25, -0.2) is 4.98 Å². The highest BCUT2D eigenvalue weighted by molar-refractivity contribution is 5.36. The van der Waals surface area contributed by atoms with Crippen molar-refractivity contribution < 1.29 is 9.84 Å². The maximum Gasteiger partial charge on any atom is 0.303 e. The van der Waals surface area contributed by atoms with Crippen molar-refractivity contribution in [3.8, 4) is 17.5 Å². The molecule has 0 amide bonds. The molecule has 0 unspecified atom stereocenters. The average Bonchev–Trinajstić information content (AvgIpc) is 2.59. The second-order valence-corrected chi connectivity index (χ2v) is 4.03. The van der Waals surface area contributed by atoms with Gasteiger partial charge in [0.2, 0.25) is 0 Å². The first-order valence-corrected chi connectivity index (χ1v) is 5.37. The first kappa shape index (κ1) is 11.3. The van der Waals surface area contributed by atoms with Gasteiger partial charge in [0.05, 0.1) is 6.20 Å². The Kier molecular flexibility index (Phi) is 2.91. The Hall–Kier alpha value is -2.17. The van der Waals surface area contributed by atoms with Gasteiger partial charge in [-0.05, 0) is 26.0 Å². The van der Waals surface area contributed by atoms with Gasteiger partial charge in [0, 0.05) is 12.1 Å². The number of nitrogen functional groups attached to an aromatic ring is 1. The van der Waals surface area contributed by atoms with Gasteiger partial charge in [-0.2, -0.15) is 0 Å². The highest BCUT2D eigenvalue weighted by Crippen LogP contribution is 2.27. The van der Waals surface area contributed by atoms with Crippen molar-refractivity contribution in [2.75, 3.05) is 5.73 Å². The van der Waals surface area contributed by atoms with E-state index in [0.29, 0.717) is 17.6 Å². The lowest BCUT2D eigenvalue weighted by molar-refractivity contribution is 0.394. The third kappa shape index (κ3) is 2.33. The van der Waals surface area contributed by atoms with Crippen molar-refractivity contribution in [1.82, 2.24) is 9.55 Å². The Morgan fingerprint density at radius 1 is 1.41 bits per heavy atom. The summed E-state index contributed by atoms with van der Waals surface area (Å²) in [6.45, 7) is 3.99. The second kappa shape index (κ2) is 4.37. The maximum atomic E-state index is 9.34. The number of rotatable bonds is 3. The Balaban J connectivity index is 2.30. The summed E-state index contributed by atoms with van der Waals surface area (Å²) in [6, 6.07) is 7.13. The number of phenols is 1. The third-order valence-corrected chi connectivity index (χ3v) is 2.33. The van der Waals surface area contributed by atoms with E-state index in [9.17, 15) is 5.11 Å². The molecule has 1 aromatic heterocycles. The first-order chi connectivity index (χ1) is 8.08. The number of nitrogens with two attached hydrogens (primary N) is 1. The molecule has 0 aliphatic rings. The molecule has 0 saturated heterocycles. The minimum atomic E-state index is 0.151. The van der Waals surface area contributed by atoms with Crippen LogP contribution in [0.5, 0.6) is 17.5 Å². The smallest absolute Gasteiger partial charge is 0.303 e. The molecule has 2 rings (SSSR count). The van der Waals surface area contributed by atoms with Crippen molar-refractivity contribution in [3.05, 3.63) is 30.5 Å². The molecule has 5 heteroatoms. The van der Waals surface area contributed by atoms with Gasteiger partial charge in [-0.3, -0.25) is 4.57 Å². The van der Waals surface area contributed by atoms with Crippen LogP contribution < -0.4 is 10.5 Å². The summed E-state index contributed by atoms with van der Waals surface area (Å²) in [5.41, 5.74) is 5.80. The van der Waals surface area contributed by atoms with Crippen molar-refractivity contribution in [2.45, 2.75) is 19.9 Å². The minimum Gasteiger partial charge on any atom is -0.508 e. The molecule has 0 atom stereocenters. The van der Waals surface area contributed by atoms with E-state index in [2.05, 4.69) is 4.98 Å². The van der Waals surface area contributed by atoms with Crippen LogP contribution >= 0.6 is 0 Å². The van der Waals surface area contributed by atoms with E-state index < -0.39 is 0 Å². The summed E-state index contributed by atoms with van der Waals surface area (Å²) in [4.78, 5) is 4.10. The van der Waals surface area contributed by atoms with Gasteiger partial charge in [0.15, 0.2) is 0 Å². The van der Waals surface area contributed by atoms with E-state index in [4.69, 9.17) is 10.5 Å². The highest BCUT2D eigenvalue weighted by atomic mass is 16.5. The zero-order valence-corrected chi connectivity index (χ0v) is 9.79. The highest BCUT2D eigenvalue weighted by Gasteiger charge is 2.12. The lowest BCUT2D eigenvalue weighted by Crippen LogP contribution is -2.06. The number of hydrogen-bond acceptors (Lipinski definition) is 4. The molecule has 5 nitrogen and oxygen atoms in total. The molecular weight excluding hydrogens is 218 g/mol. The zero-order valence-electron chi connectivity index (χ0n) is 9.79. The maximum absolute atomic E-state index is 9.34. The number of imidazole rings is 1. The molecule has 0 bridgehead atoms. The SMILES string of the molecule is CC(C)n1c(N)cnc1Oc1cccc(O)c1. The van der Waals surface area contributed by atoms with E-state index >= 15 is 0 Å². The summed E-state index contributed by atoms with van der Waals surface area (Å²) in [5.74, 6) is 1.23. The molecule has 17 heavy (non-hydrogen) atoms. The van der Waals surface area contributed by atoms with E-state index in [1.54, 1.807) is 29.0 Å². The molecule has 0 saturated carbocycles. The molecule has 0 aliphatic carbocycles. The van der Waals surface area contributed by atoms with Gasteiger partial charge < -0.3 is 15.6 Å². The van der Waals surface area contributed by atoms with E-state index in [0.717, 1.165) is 0 Å². The summed E-state index contributed by atoms with van der Waals surface area (Å²) >= 11 is 0. The number of benzene rings is 1. The fourth-order valence-corrected chi connectivity index (χ4v) is 1.60. The largest absolute Gasteiger partial charge is 0.508 e. The number of anilines is 1. The summed E-state index contributed by atoms with van der Waals surface area (Å²) in [7, 11) is 0. The van der Waals surface area contributed by atoms with Gasteiger partial charge in [0.1, 0.15) is 17.3 Å². The van der Waals surface area contributed by atoms with Crippen LogP contribution in [0.4, 0.5) is 5.82 Å². The summed E-state index contributed by atoms with van der Waals surface area (Å²) in [5, 5.41) is 9.34. The third-order valence-electron chi connectivity index (χ3n) is 2.33. The minimum absolute atomic E-state index is 0.151. The molecule has 0 radical (unpaired) electrons. The van der Waals surface area contributed by atoms with Crippen molar-refractivity contribution >= 4 is 5.82 Å². The fraction of sp³-hybridized carbons (Fsp3) is 0.250. The van der Waals surface area contributed by atoms with Crippen LogP contribution in [-0.2, 0) is 0 Å². The van der Waals surface area contributed by atoms with Crippen LogP contribution in [0.25, 0.3) is 0 Å². The Morgan fingerprint density at radius 3 is 2.82 bits per heavy atom. The number of aromatic nitrogens is 2.